The van der Waals surface area contributed by atoms with Gasteiger partial charge in [-0.1, -0.05) is 40.5 Å². The molecule has 0 amide bonds. The molecule has 0 spiro atoms. The molecule has 2 aliphatic rings. The Balaban J connectivity index is 2.00. The second-order valence-electron chi connectivity index (χ2n) is 4.84. The zero-order valence-electron chi connectivity index (χ0n) is 9.42. The summed E-state index contributed by atoms with van der Waals surface area (Å²) >= 11 is 3.81. The van der Waals surface area contributed by atoms with E-state index in [1.807, 2.05) is 0 Å². The van der Waals surface area contributed by atoms with Crippen LogP contribution < -0.4 is 4.74 Å². The van der Waals surface area contributed by atoms with E-state index >= 15 is 0 Å². The Morgan fingerprint density at radius 3 is 2.94 bits per heavy atom. The third kappa shape index (κ3) is 1.77. The first kappa shape index (κ1) is 10.6. The Kier molecular flexibility index (Phi) is 2.93. The van der Waals surface area contributed by atoms with Gasteiger partial charge in [0.05, 0.1) is 6.61 Å². The summed E-state index contributed by atoms with van der Waals surface area (Å²) in [6.45, 7) is 0.893. The van der Waals surface area contributed by atoms with Crippen LogP contribution in [0.2, 0.25) is 0 Å². The number of alkyl halides is 1. The first-order chi connectivity index (χ1) is 7.86. The van der Waals surface area contributed by atoms with Crippen molar-refractivity contribution >= 4 is 15.9 Å². The lowest BCUT2D eigenvalue weighted by molar-refractivity contribution is 0.283. The van der Waals surface area contributed by atoms with Crippen molar-refractivity contribution in [2.24, 2.45) is 0 Å². The van der Waals surface area contributed by atoms with Crippen LogP contribution >= 0.6 is 15.9 Å². The number of benzene rings is 1. The van der Waals surface area contributed by atoms with Gasteiger partial charge in [-0.25, -0.2) is 0 Å². The normalized spacial score (nSPS) is 28.6. The van der Waals surface area contributed by atoms with Gasteiger partial charge in [-0.2, -0.15) is 0 Å². The van der Waals surface area contributed by atoms with Crippen LogP contribution in [0.25, 0.3) is 0 Å². The average molecular weight is 281 g/mol. The third-order valence-electron chi connectivity index (χ3n) is 3.79. The van der Waals surface area contributed by atoms with Gasteiger partial charge in [-0.3, -0.25) is 0 Å². The van der Waals surface area contributed by atoms with E-state index in [0.717, 1.165) is 6.61 Å². The first-order valence-electron chi connectivity index (χ1n) is 6.25. The van der Waals surface area contributed by atoms with Crippen molar-refractivity contribution < 1.29 is 4.74 Å². The molecule has 0 N–H and O–H groups in total. The molecule has 0 bridgehead atoms. The molecule has 16 heavy (non-hydrogen) atoms. The summed E-state index contributed by atoms with van der Waals surface area (Å²) in [5, 5.41) is 0. The molecule has 1 fully saturated rings. The summed E-state index contributed by atoms with van der Waals surface area (Å²) in [7, 11) is 0. The Bertz CT molecular complexity index is 388. The molecule has 1 aromatic carbocycles. The molecule has 0 aromatic heterocycles. The minimum atomic E-state index is 0.643. The van der Waals surface area contributed by atoms with E-state index in [1.165, 1.54) is 49.0 Å². The van der Waals surface area contributed by atoms with Gasteiger partial charge >= 0.3 is 0 Å². The number of hydrogen-bond donors (Lipinski definition) is 0. The van der Waals surface area contributed by atoms with Crippen molar-refractivity contribution in [3.05, 3.63) is 29.3 Å². The van der Waals surface area contributed by atoms with Crippen LogP contribution in [-0.4, -0.2) is 11.4 Å². The topological polar surface area (TPSA) is 9.23 Å². The molecule has 1 aliphatic carbocycles. The second kappa shape index (κ2) is 4.40. The van der Waals surface area contributed by atoms with E-state index in [9.17, 15) is 0 Å². The van der Waals surface area contributed by atoms with Crippen LogP contribution in [0.15, 0.2) is 18.2 Å². The Labute approximate surface area is 105 Å². The van der Waals surface area contributed by atoms with Crippen molar-refractivity contribution in [3.63, 3.8) is 0 Å². The molecule has 1 nitrogen and oxygen atoms in total. The fourth-order valence-electron chi connectivity index (χ4n) is 2.97. The number of para-hydroxylation sites is 1. The average Bonchev–Trinajstić information content (AvgIpc) is 2.75. The number of fused-ring (bicyclic) bond motifs is 1. The maximum absolute atomic E-state index is 5.89. The molecule has 3 rings (SSSR count). The maximum Gasteiger partial charge on any atom is 0.125 e. The summed E-state index contributed by atoms with van der Waals surface area (Å²) in [6, 6.07) is 6.67. The van der Waals surface area contributed by atoms with Gasteiger partial charge in [0, 0.05) is 10.7 Å². The van der Waals surface area contributed by atoms with Gasteiger partial charge in [0.1, 0.15) is 5.75 Å². The van der Waals surface area contributed by atoms with Gasteiger partial charge in [0.15, 0.2) is 0 Å². The van der Waals surface area contributed by atoms with E-state index in [0.29, 0.717) is 10.7 Å². The fraction of sp³-hybridized carbons (Fsp3) is 0.571. The minimum absolute atomic E-state index is 0.643. The monoisotopic (exact) mass is 280 g/mol. The lowest BCUT2D eigenvalue weighted by Crippen LogP contribution is -2.13. The van der Waals surface area contributed by atoms with Crippen LogP contribution in [0.4, 0.5) is 0 Å². The van der Waals surface area contributed by atoms with Crippen molar-refractivity contribution in [3.8, 4) is 5.75 Å². The van der Waals surface area contributed by atoms with Crippen LogP contribution in [0.5, 0.6) is 5.75 Å². The van der Waals surface area contributed by atoms with Crippen LogP contribution in [0.1, 0.15) is 42.7 Å². The highest BCUT2D eigenvalue weighted by Crippen LogP contribution is 2.44. The summed E-state index contributed by atoms with van der Waals surface area (Å²) in [6.07, 6.45) is 6.29. The van der Waals surface area contributed by atoms with Crippen LogP contribution in [0, 0.1) is 0 Å². The Hall–Kier alpha value is -0.500. The lowest BCUT2D eigenvalue weighted by Gasteiger charge is -2.24. The van der Waals surface area contributed by atoms with Crippen LogP contribution in [-0.2, 0) is 6.42 Å². The van der Waals surface area contributed by atoms with E-state index in [-0.39, 0.29) is 0 Å². The molecule has 2 unspecified atom stereocenters. The quantitative estimate of drug-likeness (QED) is 0.706. The SMILES string of the molecule is BrC1CCCC1c1cccc2c1OCCC2. The number of aryl methyl sites for hydroxylation is 1. The van der Waals surface area contributed by atoms with E-state index < -0.39 is 0 Å². The summed E-state index contributed by atoms with van der Waals surface area (Å²) in [5.74, 6) is 1.86. The Morgan fingerprint density at radius 1 is 1.19 bits per heavy atom. The maximum atomic E-state index is 5.89. The molecule has 1 aliphatic heterocycles. The molecule has 86 valence electrons. The molecule has 1 aromatic rings. The minimum Gasteiger partial charge on any atom is -0.493 e. The van der Waals surface area contributed by atoms with Gasteiger partial charge in [0.25, 0.3) is 0 Å². The predicted molar refractivity (Wildman–Crippen MR) is 69.6 cm³/mol. The summed E-state index contributed by atoms with van der Waals surface area (Å²) < 4.78 is 5.89. The molecular weight excluding hydrogens is 264 g/mol. The molecule has 1 heterocycles. The molecule has 0 radical (unpaired) electrons. The number of rotatable bonds is 1. The molecule has 2 heteroatoms. The highest BCUT2D eigenvalue weighted by Gasteiger charge is 2.30. The van der Waals surface area contributed by atoms with Crippen molar-refractivity contribution in [1.29, 1.82) is 0 Å². The van der Waals surface area contributed by atoms with Gasteiger partial charge in [-0.05, 0) is 36.8 Å². The van der Waals surface area contributed by atoms with Crippen molar-refractivity contribution in [1.82, 2.24) is 0 Å². The van der Waals surface area contributed by atoms with Crippen LogP contribution in [0.3, 0.4) is 0 Å². The lowest BCUT2D eigenvalue weighted by atomic mass is 9.92. The van der Waals surface area contributed by atoms with Gasteiger partial charge < -0.3 is 4.74 Å². The smallest absolute Gasteiger partial charge is 0.125 e. The van der Waals surface area contributed by atoms with E-state index in [1.54, 1.807) is 0 Å². The summed E-state index contributed by atoms with van der Waals surface area (Å²) in [4.78, 5) is 0.643. The number of halogens is 1. The van der Waals surface area contributed by atoms with Crippen molar-refractivity contribution in [2.75, 3.05) is 6.61 Å². The second-order valence-corrected chi connectivity index (χ2v) is 6.02. The molecule has 0 saturated heterocycles. The number of hydrogen-bond acceptors (Lipinski definition) is 1. The van der Waals surface area contributed by atoms with Gasteiger partial charge in [0.2, 0.25) is 0 Å². The predicted octanol–water partition coefficient (Wildman–Crippen LogP) is 4.04. The standard InChI is InChI=1S/C14H17BrO/c15-13-8-2-6-11(13)12-7-1-4-10-5-3-9-16-14(10)12/h1,4,7,11,13H,2-3,5-6,8-9H2. The van der Waals surface area contributed by atoms with E-state index in [4.69, 9.17) is 4.74 Å². The third-order valence-corrected chi connectivity index (χ3v) is 4.89. The van der Waals surface area contributed by atoms with Gasteiger partial charge in [-0.15, -0.1) is 0 Å². The molecular formula is C14H17BrO. The number of ether oxygens (including phenoxy) is 1. The largest absolute Gasteiger partial charge is 0.493 e. The highest BCUT2D eigenvalue weighted by atomic mass is 79.9. The van der Waals surface area contributed by atoms with E-state index in [2.05, 4.69) is 34.1 Å². The zero-order chi connectivity index (χ0) is 11.0. The zero-order valence-corrected chi connectivity index (χ0v) is 11.0. The first-order valence-corrected chi connectivity index (χ1v) is 7.16. The molecule has 2 atom stereocenters. The summed E-state index contributed by atoms with van der Waals surface area (Å²) in [5.41, 5.74) is 2.85. The highest BCUT2D eigenvalue weighted by molar-refractivity contribution is 9.09. The van der Waals surface area contributed by atoms with Crippen molar-refractivity contribution in [2.45, 2.75) is 42.8 Å². The molecule has 1 saturated carbocycles. The Morgan fingerprint density at radius 2 is 2.12 bits per heavy atom. The fourth-order valence-corrected chi connectivity index (χ4v) is 3.84.